The zero-order valence-electron chi connectivity index (χ0n) is 6.65. The Kier molecular flexibility index (Phi) is 2.57. The lowest BCUT2D eigenvalue weighted by atomic mass is 10.2. The topological polar surface area (TPSA) is 73.1 Å². The molecular weight excluding hydrogens is 196 g/mol. The van der Waals surface area contributed by atoms with Gasteiger partial charge in [-0.05, 0) is 6.92 Å². The summed E-state index contributed by atoms with van der Waals surface area (Å²) in [6.07, 6.45) is 1.21. The number of Topliss-reactive ketones (excluding diaryl/α,β-unsaturated/α-hetero) is 1. The zero-order valence-corrected chi connectivity index (χ0v) is 7.41. The number of halogens is 1. The molecule has 0 aromatic carbocycles. The molecule has 0 bridgehead atoms. The summed E-state index contributed by atoms with van der Waals surface area (Å²) in [5.74, 6) is -0.285. The summed E-state index contributed by atoms with van der Waals surface area (Å²) in [5.41, 5.74) is -0.175. The van der Waals surface area contributed by atoms with Crippen LogP contribution >= 0.6 is 11.6 Å². The summed E-state index contributed by atoms with van der Waals surface area (Å²) < 4.78 is 0. The van der Waals surface area contributed by atoms with Crippen molar-refractivity contribution in [3.63, 3.8) is 0 Å². The molecule has 0 aliphatic carbocycles. The number of aromatic nitrogens is 1. The van der Waals surface area contributed by atoms with Gasteiger partial charge in [0.2, 0.25) is 5.15 Å². The fourth-order valence-corrected chi connectivity index (χ4v) is 0.929. The number of carbonyl (C=O) groups excluding carboxylic acids is 1. The first-order valence-corrected chi connectivity index (χ1v) is 3.71. The Morgan fingerprint density at radius 3 is 2.77 bits per heavy atom. The molecule has 5 nitrogen and oxygen atoms in total. The Balaban J connectivity index is 3.27. The second kappa shape index (κ2) is 3.49. The number of nitro groups is 1. The molecule has 0 unspecified atom stereocenters. The van der Waals surface area contributed by atoms with Crippen molar-refractivity contribution < 1.29 is 9.72 Å². The van der Waals surface area contributed by atoms with E-state index in [0.717, 1.165) is 6.07 Å². The minimum absolute atomic E-state index is 0.177. The van der Waals surface area contributed by atoms with Crippen LogP contribution in [0.15, 0.2) is 12.3 Å². The Morgan fingerprint density at radius 2 is 2.31 bits per heavy atom. The third kappa shape index (κ3) is 2.00. The van der Waals surface area contributed by atoms with Gasteiger partial charge in [-0.2, -0.15) is 0 Å². The summed E-state index contributed by atoms with van der Waals surface area (Å²) >= 11 is 5.43. The predicted octanol–water partition coefficient (Wildman–Crippen LogP) is 1.85. The molecule has 0 saturated heterocycles. The molecule has 1 rings (SSSR count). The Bertz CT molecular complexity index is 378. The molecule has 0 fully saturated rings. The molecule has 0 aliphatic rings. The number of nitrogens with zero attached hydrogens (tertiary/aromatic N) is 2. The van der Waals surface area contributed by atoms with Gasteiger partial charge in [-0.1, -0.05) is 11.6 Å². The molecule has 6 heteroatoms. The van der Waals surface area contributed by atoms with Gasteiger partial charge in [0.05, 0.1) is 4.92 Å². The minimum atomic E-state index is -0.679. The van der Waals surface area contributed by atoms with Crippen LogP contribution in [-0.4, -0.2) is 15.7 Å². The smallest absolute Gasteiger partial charge is 0.294 e. The molecule has 1 heterocycles. The summed E-state index contributed by atoms with van der Waals surface area (Å²) in [4.78, 5) is 24.0. The monoisotopic (exact) mass is 200 g/mol. The highest BCUT2D eigenvalue weighted by atomic mass is 35.5. The van der Waals surface area contributed by atoms with Crippen molar-refractivity contribution in [3.05, 3.63) is 33.1 Å². The van der Waals surface area contributed by atoms with Gasteiger partial charge in [-0.3, -0.25) is 14.9 Å². The van der Waals surface area contributed by atoms with Crippen LogP contribution in [0.5, 0.6) is 0 Å². The third-order valence-electron chi connectivity index (χ3n) is 1.42. The van der Waals surface area contributed by atoms with E-state index in [1.165, 1.54) is 13.1 Å². The molecule has 13 heavy (non-hydrogen) atoms. The summed E-state index contributed by atoms with van der Waals surface area (Å²) in [6, 6.07) is 1.11. The number of pyridine rings is 1. The first-order chi connectivity index (χ1) is 6.02. The van der Waals surface area contributed by atoms with Crippen molar-refractivity contribution in [1.29, 1.82) is 0 Å². The highest BCUT2D eigenvalue weighted by Gasteiger charge is 2.15. The van der Waals surface area contributed by atoms with Crippen LogP contribution in [0, 0.1) is 10.1 Å². The number of hydrogen-bond acceptors (Lipinski definition) is 4. The molecule has 0 amide bonds. The van der Waals surface area contributed by atoms with E-state index in [9.17, 15) is 14.9 Å². The summed E-state index contributed by atoms with van der Waals surface area (Å²) in [5, 5.41) is 10.2. The largest absolute Gasteiger partial charge is 0.307 e. The molecule has 0 atom stereocenters. The Morgan fingerprint density at radius 1 is 1.69 bits per heavy atom. The second-order valence-corrected chi connectivity index (χ2v) is 2.71. The van der Waals surface area contributed by atoms with Gasteiger partial charge >= 0.3 is 5.69 Å². The summed E-state index contributed by atoms with van der Waals surface area (Å²) in [7, 11) is 0. The van der Waals surface area contributed by atoms with Crippen LogP contribution in [0.25, 0.3) is 0 Å². The lowest BCUT2D eigenvalue weighted by Crippen LogP contribution is -1.97. The first kappa shape index (κ1) is 9.60. The Hall–Kier alpha value is -1.49. The number of rotatable bonds is 2. The van der Waals surface area contributed by atoms with Gasteiger partial charge in [0.1, 0.15) is 0 Å². The highest BCUT2D eigenvalue weighted by Crippen LogP contribution is 2.22. The van der Waals surface area contributed by atoms with E-state index in [4.69, 9.17) is 11.6 Å². The SMILES string of the molecule is CC(=O)c1cnc(Cl)c([N+](=O)[O-])c1. The quantitative estimate of drug-likeness (QED) is 0.316. The minimum Gasteiger partial charge on any atom is -0.294 e. The fraction of sp³-hybridized carbons (Fsp3) is 0.143. The van der Waals surface area contributed by atoms with Crippen LogP contribution in [0.3, 0.4) is 0 Å². The maximum Gasteiger partial charge on any atom is 0.307 e. The number of hydrogen-bond donors (Lipinski definition) is 0. The molecule has 0 saturated carbocycles. The predicted molar refractivity (Wildman–Crippen MR) is 45.9 cm³/mol. The van der Waals surface area contributed by atoms with Crippen LogP contribution < -0.4 is 0 Å². The van der Waals surface area contributed by atoms with E-state index < -0.39 is 4.92 Å². The molecule has 1 aromatic heterocycles. The van der Waals surface area contributed by atoms with Crippen molar-refractivity contribution in [2.75, 3.05) is 0 Å². The van der Waals surface area contributed by atoms with Gasteiger partial charge in [0.25, 0.3) is 0 Å². The first-order valence-electron chi connectivity index (χ1n) is 3.33. The normalized spacial score (nSPS) is 9.69. The maximum atomic E-state index is 10.8. The lowest BCUT2D eigenvalue weighted by Gasteiger charge is -1.96. The van der Waals surface area contributed by atoms with E-state index in [0.29, 0.717) is 0 Å². The van der Waals surface area contributed by atoms with E-state index in [1.54, 1.807) is 0 Å². The molecule has 0 spiro atoms. The molecular formula is C7H5ClN2O3. The molecule has 0 radical (unpaired) electrons. The van der Waals surface area contributed by atoms with Crippen molar-refractivity contribution >= 4 is 23.1 Å². The fourth-order valence-electron chi connectivity index (χ4n) is 0.757. The van der Waals surface area contributed by atoms with Crippen molar-refractivity contribution in [1.82, 2.24) is 4.98 Å². The van der Waals surface area contributed by atoms with Gasteiger partial charge in [-0.15, -0.1) is 0 Å². The maximum absolute atomic E-state index is 10.8. The van der Waals surface area contributed by atoms with Crippen LogP contribution in [0.4, 0.5) is 5.69 Å². The average molecular weight is 201 g/mol. The summed E-state index contributed by atoms with van der Waals surface area (Å²) in [6.45, 7) is 1.30. The van der Waals surface area contributed by atoms with E-state index >= 15 is 0 Å². The molecule has 1 aromatic rings. The van der Waals surface area contributed by atoms with Gasteiger partial charge in [-0.25, -0.2) is 4.98 Å². The number of carbonyl (C=O) groups is 1. The van der Waals surface area contributed by atoms with Gasteiger partial charge < -0.3 is 0 Å². The van der Waals surface area contributed by atoms with Crippen molar-refractivity contribution in [3.8, 4) is 0 Å². The van der Waals surface area contributed by atoms with Gasteiger partial charge in [0.15, 0.2) is 5.78 Å². The lowest BCUT2D eigenvalue weighted by molar-refractivity contribution is -0.385. The van der Waals surface area contributed by atoms with E-state index in [-0.39, 0.29) is 22.2 Å². The molecule has 0 N–H and O–H groups in total. The Labute approximate surface area is 78.5 Å². The average Bonchev–Trinajstić information content (AvgIpc) is 2.04. The third-order valence-corrected chi connectivity index (χ3v) is 1.71. The number of ketones is 1. The van der Waals surface area contributed by atoms with Crippen LogP contribution in [0.1, 0.15) is 17.3 Å². The van der Waals surface area contributed by atoms with Crippen LogP contribution in [-0.2, 0) is 0 Å². The van der Waals surface area contributed by atoms with E-state index in [2.05, 4.69) is 4.98 Å². The van der Waals surface area contributed by atoms with Crippen molar-refractivity contribution in [2.24, 2.45) is 0 Å². The highest BCUT2D eigenvalue weighted by molar-refractivity contribution is 6.31. The second-order valence-electron chi connectivity index (χ2n) is 2.35. The standard InChI is InChI=1S/C7H5ClN2O3/c1-4(11)5-2-6(10(12)13)7(8)9-3-5/h2-3H,1H3. The van der Waals surface area contributed by atoms with Crippen LogP contribution in [0.2, 0.25) is 5.15 Å². The van der Waals surface area contributed by atoms with Gasteiger partial charge in [0, 0.05) is 17.8 Å². The van der Waals surface area contributed by atoms with Crippen molar-refractivity contribution in [2.45, 2.75) is 6.92 Å². The zero-order chi connectivity index (χ0) is 10.0. The molecule has 68 valence electrons. The molecule has 0 aliphatic heterocycles. The van der Waals surface area contributed by atoms with E-state index in [1.807, 2.05) is 0 Å².